The van der Waals surface area contributed by atoms with E-state index >= 15 is 0 Å². The van der Waals surface area contributed by atoms with Crippen molar-refractivity contribution in [2.45, 2.75) is 46.6 Å². The predicted molar refractivity (Wildman–Crippen MR) is 86.6 cm³/mol. The second-order valence-corrected chi connectivity index (χ2v) is 6.49. The highest BCUT2D eigenvalue weighted by Crippen LogP contribution is 2.24. The maximum Gasteiger partial charge on any atom is 0.160 e. The first-order valence-corrected chi connectivity index (χ1v) is 8.10. The van der Waals surface area contributed by atoms with Crippen LogP contribution < -0.4 is 0 Å². The summed E-state index contributed by atoms with van der Waals surface area (Å²) in [6, 6.07) is 2.13. The van der Waals surface area contributed by atoms with Gasteiger partial charge >= 0.3 is 0 Å². The molecule has 1 aliphatic heterocycles. The van der Waals surface area contributed by atoms with Crippen LogP contribution in [0.2, 0.25) is 0 Å². The number of nitrogens with zero attached hydrogens (tertiary/aromatic N) is 4. The van der Waals surface area contributed by atoms with Crippen LogP contribution in [0.5, 0.6) is 0 Å². The van der Waals surface area contributed by atoms with Gasteiger partial charge in [0.1, 0.15) is 11.3 Å². The van der Waals surface area contributed by atoms with Gasteiger partial charge in [-0.2, -0.15) is 0 Å². The molecule has 4 nitrogen and oxygen atoms in total. The van der Waals surface area contributed by atoms with Gasteiger partial charge in [0.2, 0.25) is 0 Å². The number of pyridine rings is 1. The van der Waals surface area contributed by atoms with Crippen molar-refractivity contribution in [2.24, 2.45) is 5.92 Å². The maximum absolute atomic E-state index is 4.84. The van der Waals surface area contributed by atoms with Crippen LogP contribution in [-0.2, 0) is 13.0 Å². The molecule has 1 fully saturated rings. The van der Waals surface area contributed by atoms with Crippen LogP contribution in [-0.4, -0.2) is 39.6 Å². The Hall–Kier alpha value is -1.42. The quantitative estimate of drug-likeness (QED) is 0.870. The third-order valence-electron chi connectivity index (χ3n) is 4.70. The summed E-state index contributed by atoms with van der Waals surface area (Å²) < 4.78 is 2.38. The van der Waals surface area contributed by atoms with E-state index in [-0.39, 0.29) is 0 Å². The number of aromatic nitrogens is 3. The summed E-state index contributed by atoms with van der Waals surface area (Å²) in [6.07, 6.45) is 3.54. The number of fused-ring (bicyclic) bond motifs is 1. The number of likely N-dealkylation sites (tertiary alicyclic amines) is 1. The van der Waals surface area contributed by atoms with Crippen molar-refractivity contribution in [1.29, 1.82) is 0 Å². The Morgan fingerprint density at radius 1 is 1.19 bits per heavy atom. The Labute approximate surface area is 127 Å². The smallest absolute Gasteiger partial charge is 0.160 e. The number of imidazole rings is 1. The summed E-state index contributed by atoms with van der Waals surface area (Å²) in [7, 11) is 2.22. The lowest BCUT2D eigenvalue weighted by atomic mass is 9.97. The first-order chi connectivity index (χ1) is 10.1. The highest BCUT2D eigenvalue weighted by atomic mass is 15.1. The first kappa shape index (κ1) is 14.5. The third-order valence-corrected chi connectivity index (χ3v) is 4.70. The summed E-state index contributed by atoms with van der Waals surface area (Å²) in [5, 5.41) is 0. The molecule has 114 valence electrons. The van der Waals surface area contributed by atoms with E-state index in [1.165, 1.54) is 37.3 Å². The SMILES string of the molecule is CCc1nc2c(C)cc(C)nc2n1CC1CCN(C)CC1. The second-order valence-electron chi connectivity index (χ2n) is 6.49. The van der Waals surface area contributed by atoms with Gasteiger partial charge in [0.25, 0.3) is 0 Å². The summed E-state index contributed by atoms with van der Waals surface area (Å²) in [5.74, 6) is 1.94. The normalized spacial score (nSPS) is 17.7. The van der Waals surface area contributed by atoms with Crippen LogP contribution in [0.4, 0.5) is 0 Å². The molecule has 0 atom stereocenters. The van der Waals surface area contributed by atoms with E-state index in [9.17, 15) is 0 Å². The molecule has 0 aromatic carbocycles. The summed E-state index contributed by atoms with van der Waals surface area (Å²) in [6.45, 7) is 9.90. The zero-order chi connectivity index (χ0) is 15.0. The Balaban J connectivity index is 1.96. The van der Waals surface area contributed by atoms with Crippen LogP contribution in [0.1, 0.15) is 36.8 Å². The van der Waals surface area contributed by atoms with Crippen molar-refractivity contribution in [2.75, 3.05) is 20.1 Å². The lowest BCUT2D eigenvalue weighted by Gasteiger charge is -2.29. The highest BCUT2D eigenvalue weighted by Gasteiger charge is 2.20. The number of piperidine rings is 1. The van der Waals surface area contributed by atoms with Crippen LogP contribution in [0.15, 0.2) is 6.07 Å². The van der Waals surface area contributed by atoms with Crippen LogP contribution in [0.25, 0.3) is 11.2 Å². The summed E-state index contributed by atoms with van der Waals surface area (Å²) >= 11 is 0. The molecule has 4 heteroatoms. The highest BCUT2D eigenvalue weighted by molar-refractivity contribution is 5.75. The first-order valence-electron chi connectivity index (χ1n) is 8.10. The van der Waals surface area contributed by atoms with Gasteiger partial charge in [-0.3, -0.25) is 0 Å². The van der Waals surface area contributed by atoms with Gasteiger partial charge in [-0.25, -0.2) is 9.97 Å². The van der Waals surface area contributed by atoms with E-state index < -0.39 is 0 Å². The van der Waals surface area contributed by atoms with Crippen LogP contribution in [0, 0.1) is 19.8 Å². The van der Waals surface area contributed by atoms with E-state index in [4.69, 9.17) is 9.97 Å². The monoisotopic (exact) mass is 286 g/mol. The fourth-order valence-electron chi connectivity index (χ4n) is 3.41. The molecule has 0 unspecified atom stereocenters. The zero-order valence-electron chi connectivity index (χ0n) is 13.7. The summed E-state index contributed by atoms with van der Waals surface area (Å²) in [4.78, 5) is 12.0. The van der Waals surface area contributed by atoms with E-state index in [2.05, 4.69) is 43.4 Å². The zero-order valence-corrected chi connectivity index (χ0v) is 13.7. The van der Waals surface area contributed by atoms with Gasteiger partial charge in [0.15, 0.2) is 5.65 Å². The van der Waals surface area contributed by atoms with Gasteiger partial charge < -0.3 is 9.47 Å². The van der Waals surface area contributed by atoms with E-state index in [1.807, 2.05) is 0 Å². The fraction of sp³-hybridized carbons (Fsp3) is 0.647. The Morgan fingerprint density at radius 3 is 2.57 bits per heavy atom. The maximum atomic E-state index is 4.84. The number of aryl methyl sites for hydroxylation is 3. The van der Waals surface area contributed by atoms with Crippen molar-refractivity contribution in [1.82, 2.24) is 19.4 Å². The Bertz CT molecular complexity index is 636. The van der Waals surface area contributed by atoms with E-state index in [0.717, 1.165) is 35.7 Å². The van der Waals surface area contributed by atoms with Gasteiger partial charge in [0.05, 0.1) is 0 Å². The standard InChI is InChI=1S/C17H26N4/c1-5-15-19-16-12(2)10-13(3)18-17(16)21(15)11-14-6-8-20(4)9-7-14/h10,14H,5-9,11H2,1-4H3. The molecular formula is C17H26N4. The van der Waals surface area contributed by atoms with Crippen molar-refractivity contribution in [3.8, 4) is 0 Å². The lowest BCUT2D eigenvalue weighted by Crippen LogP contribution is -2.32. The van der Waals surface area contributed by atoms with E-state index in [1.54, 1.807) is 0 Å². The van der Waals surface area contributed by atoms with Gasteiger partial charge in [-0.1, -0.05) is 6.92 Å². The molecule has 0 bridgehead atoms. The Morgan fingerprint density at radius 2 is 1.90 bits per heavy atom. The largest absolute Gasteiger partial charge is 0.312 e. The average molecular weight is 286 g/mol. The van der Waals surface area contributed by atoms with Crippen molar-refractivity contribution < 1.29 is 0 Å². The molecule has 2 aromatic heterocycles. The molecule has 1 aliphatic rings. The predicted octanol–water partition coefficient (Wildman–Crippen LogP) is 2.95. The fourth-order valence-corrected chi connectivity index (χ4v) is 3.41. The number of rotatable bonds is 3. The average Bonchev–Trinajstić information content (AvgIpc) is 2.80. The third kappa shape index (κ3) is 2.82. The van der Waals surface area contributed by atoms with Crippen LogP contribution in [0.3, 0.4) is 0 Å². The molecule has 0 amide bonds. The minimum atomic E-state index is 0.756. The molecule has 3 heterocycles. The second kappa shape index (κ2) is 5.76. The topological polar surface area (TPSA) is 34.0 Å². The molecule has 2 aromatic rings. The number of hydrogen-bond donors (Lipinski definition) is 0. The lowest BCUT2D eigenvalue weighted by molar-refractivity contribution is 0.205. The minimum Gasteiger partial charge on any atom is -0.312 e. The molecule has 0 spiro atoms. The molecule has 1 saturated heterocycles. The van der Waals surface area contributed by atoms with Crippen molar-refractivity contribution >= 4 is 11.2 Å². The van der Waals surface area contributed by atoms with Crippen LogP contribution >= 0.6 is 0 Å². The molecule has 3 rings (SSSR count). The molecule has 0 N–H and O–H groups in total. The Kier molecular flexibility index (Phi) is 3.98. The molecule has 0 saturated carbocycles. The van der Waals surface area contributed by atoms with Gasteiger partial charge in [-0.05, 0) is 64.4 Å². The van der Waals surface area contributed by atoms with Crippen molar-refractivity contribution in [3.05, 3.63) is 23.1 Å². The van der Waals surface area contributed by atoms with Crippen molar-refractivity contribution in [3.63, 3.8) is 0 Å². The van der Waals surface area contributed by atoms with E-state index in [0.29, 0.717) is 0 Å². The molecule has 21 heavy (non-hydrogen) atoms. The number of hydrogen-bond acceptors (Lipinski definition) is 3. The molecular weight excluding hydrogens is 260 g/mol. The van der Waals surface area contributed by atoms with Gasteiger partial charge in [-0.15, -0.1) is 0 Å². The minimum absolute atomic E-state index is 0.756. The molecule has 0 radical (unpaired) electrons. The molecule has 0 aliphatic carbocycles. The van der Waals surface area contributed by atoms with Gasteiger partial charge in [0, 0.05) is 18.7 Å². The summed E-state index contributed by atoms with van der Waals surface area (Å²) in [5.41, 5.74) is 4.51.